The monoisotopic (exact) mass is 290 g/mol. The number of aromatic nitrogens is 3. The van der Waals surface area contributed by atoms with Crippen LogP contribution in [0.4, 0.5) is 9.39 Å². The maximum atomic E-state index is 13.9. The highest BCUT2D eigenvalue weighted by Crippen LogP contribution is 2.34. The van der Waals surface area contributed by atoms with E-state index in [1.807, 2.05) is 17.6 Å². The third-order valence-corrected chi connectivity index (χ3v) is 4.06. The summed E-state index contributed by atoms with van der Waals surface area (Å²) in [4.78, 5) is 4.47. The number of aryl methyl sites for hydroxylation is 2. The Morgan fingerprint density at radius 1 is 1.40 bits per heavy atom. The molecule has 20 heavy (non-hydrogen) atoms. The van der Waals surface area contributed by atoms with E-state index in [0.29, 0.717) is 16.3 Å². The van der Waals surface area contributed by atoms with Crippen LogP contribution in [0.3, 0.4) is 0 Å². The van der Waals surface area contributed by atoms with E-state index in [4.69, 9.17) is 5.73 Å². The third-order valence-electron chi connectivity index (χ3n) is 3.29. The molecule has 0 amide bonds. The highest BCUT2D eigenvalue weighted by atomic mass is 32.1. The molecule has 0 spiro atoms. The van der Waals surface area contributed by atoms with Crippen molar-refractivity contribution < 1.29 is 4.39 Å². The summed E-state index contributed by atoms with van der Waals surface area (Å²) in [6.45, 7) is 4.75. The largest absolute Gasteiger partial charge is 0.389 e. The Morgan fingerprint density at radius 3 is 2.85 bits per heavy atom. The van der Waals surface area contributed by atoms with Gasteiger partial charge in [0.1, 0.15) is 16.3 Å². The van der Waals surface area contributed by atoms with Crippen LogP contribution in [0.15, 0.2) is 18.2 Å². The predicted molar refractivity (Wildman–Crippen MR) is 80.2 cm³/mol. The molecule has 2 N–H and O–H groups in total. The number of rotatable bonds is 3. The number of nitrogens with zero attached hydrogens (tertiary/aromatic N) is 3. The standard InChI is InChI=1S/C14H15FN4S/c1-3-7-19-10-6-4-5-9(15)12(10)17-14(19)11-8(2)18-20-13(11)16/h4-6H,3,7,16H2,1-2H3. The molecule has 0 aliphatic heterocycles. The predicted octanol–water partition coefficient (Wildman–Crippen LogP) is 3.60. The van der Waals surface area contributed by atoms with Crippen molar-refractivity contribution in [3.63, 3.8) is 0 Å². The molecule has 104 valence electrons. The highest BCUT2D eigenvalue weighted by molar-refractivity contribution is 7.10. The van der Waals surface area contributed by atoms with Gasteiger partial charge in [-0.05, 0) is 37.0 Å². The van der Waals surface area contributed by atoms with Gasteiger partial charge in [0.05, 0.1) is 16.8 Å². The first-order chi connectivity index (χ1) is 9.63. The van der Waals surface area contributed by atoms with Crippen LogP contribution < -0.4 is 5.73 Å². The number of halogens is 1. The van der Waals surface area contributed by atoms with Crippen LogP contribution in [0.25, 0.3) is 22.4 Å². The molecule has 0 radical (unpaired) electrons. The summed E-state index contributed by atoms with van der Waals surface area (Å²) in [5, 5.41) is 0.621. The number of hydrogen-bond donors (Lipinski definition) is 1. The molecule has 6 heteroatoms. The van der Waals surface area contributed by atoms with Crippen LogP contribution in [0.1, 0.15) is 19.0 Å². The zero-order valence-electron chi connectivity index (χ0n) is 11.4. The van der Waals surface area contributed by atoms with Gasteiger partial charge in [-0.25, -0.2) is 9.37 Å². The van der Waals surface area contributed by atoms with E-state index < -0.39 is 0 Å². The van der Waals surface area contributed by atoms with Gasteiger partial charge in [0.2, 0.25) is 0 Å². The van der Waals surface area contributed by atoms with Crippen molar-refractivity contribution in [2.45, 2.75) is 26.8 Å². The smallest absolute Gasteiger partial charge is 0.151 e. The van der Waals surface area contributed by atoms with Gasteiger partial charge in [-0.3, -0.25) is 0 Å². The molecule has 1 aromatic carbocycles. The molecule has 0 saturated carbocycles. The summed E-state index contributed by atoms with van der Waals surface area (Å²) in [5.41, 5.74) is 8.85. The van der Waals surface area contributed by atoms with Crippen molar-refractivity contribution >= 4 is 27.6 Å². The molecule has 2 heterocycles. The molecule has 0 aliphatic rings. The second-order valence-electron chi connectivity index (χ2n) is 4.70. The molecule has 0 saturated heterocycles. The molecule has 0 bridgehead atoms. The van der Waals surface area contributed by atoms with Crippen molar-refractivity contribution in [3.05, 3.63) is 29.7 Å². The van der Waals surface area contributed by atoms with Gasteiger partial charge in [0.15, 0.2) is 5.82 Å². The zero-order valence-corrected chi connectivity index (χ0v) is 12.2. The van der Waals surface area contributed by atoms with Crippen LogP contribution in [0.2, 0.25) is 0 Å². The maximum Gasteiger partial charge on any atom is 0.151 e. The fourth-order valence-corrected chi connectivity index (χ4v) is 3.07. The van der Waals surface area contributed by atoms with Crippen molar-refractivity contribution in [2.75, 3.05) is 5.73 Å². The Labute approximate surface area is 120 Å². The summed E-state index contributed by atoms with van der Waals surface area (Å²) < 4.78 is 20.2. The van der Waals surface area contributed by atoms with Gasteiger partial charge in [-0.15, -0.1) is 0 Å². The Kier molecular flexibility index (Phi) is 3.17. The van der Waals surface area contributed by atoms with Gasteiger partial charge in [-0.2, -0.15) is 4.37 Å². The number of imidazole rings is 1. The van der Waals surface area contributed by atoms with E-state index in [0.717, 1.165) is 29.7 Å². The minimum absolute atomic E-state index is 0.307. The van der Waals surface area contributed by atoms with Gasteiger partial charge < -0.3 is 10.3 Å². The van der Waals surface area contributed by atoms with Gasteiger partial charge >= 0.3 is 0 Å². The zero-order chi connectivity index (χ0) is 14.3. The number of hydrogen-bond acceptors (Lipinski definition) is 4. The second kappa shape index (κ2) is 4.86. The van der Waals surface area contributed by atoms with Crippen molar-refractivity contribution in [1.29, 1.82) is 0 Å². The second-order valence-corrected chi connectivity index (χ2v) is 5.51. The topological polar surface area (TPSA) is 56.7 Å². The number of benzene rings is 1. The minimum Gasteiger partial charge on any atom is -0.389 e. The Hall–Kier alpha value is -1.95. The number of fused-ring (bicyclic) bond motifs is 1. The molecule has 0 atom stereocenters. The van der Waals surface area contributed by atoms with Gasteiger partial charge in [-0.1, -0.05) is 13.0 Å². The lowest BCUT2D eigenvalue weighted by molar-refractivity contribution is 0.637. The SMILES string of the molecule is CCCn1c(-c2c(C)nsc2N)nc2c(F)cccc21. The van der Waals surface area contributed by atoms with E-state index in [2.05, 4.69) is 16.3 Å². The molecule has 0 fully saturated rings. The van der Waals surface area contributed by atoms with Crippen LogP contribution in [0, 0.1) is 12.7 Å². The Bertz CT molecular complexity index is 755. The Morgan fingerprint density at radius 2 is 2.20 bits per heavy atom. The quantitative estimate of drug-likeness (QED) is 0.802. The van der Waals surface area contributed by atoms with E-state index in [1.165, 1.54) is 17.6 Å². The van der Waals surface area contributed by atoms with Crippen molar-refractivity contribution in [2.24, 2.45) is 0 Å². The van der Waals surface area contributed by atoms with E-state index in [9.17, 15) is 4.39 Å². The maximum absolute atomic E-state index is 13.9. The average Bonchev–Trinajstić information content (AvgIpc) is 2.93. The van der Waals surface area contributed by atoms with Crippen LogP contribution >= 0.6 is 11.5 Å². The summed E-state index contributed by atoms with van der Waals surface area (Å²) in [5.74, 6) is 0.397. The van der Waals surface area contributed by atoms with Crippen molar-refractivity contribution in [1.82, 2.24) is 13.9 Å². The first kappa shape index (κ1) is 13.1. The van der Waals surface area contributed by atoms with Crippen LogP contribution in [-0.4, -0.2) is 13.9 Å². The highest BCUT2D eigenvalue weighted by Gasteiger charge is 2.20. The minimum atomic E-state index is -0.307. The fraction of sp³-hybridized carbons (Fsp3) is 0.286. The fourth-order valence-electron chi connectivity index (χ4n) is 2.41. The van der Waals surface area contributed by atoms with Gasteiger partial charge in [0.25, 0.3) is 0 Å². The first-order valence-electron chi connectivity index (χ1n) is 6.50. The summed E-state index contributed by atoms with van der Waals surface area (Å²) in [6, 6.07) is 5.02. The number of para-hydroxylation sites is 1. The van der Waals surface area contributed by atoms with E-state index in [1.54, 1.807) is 6.07 Å². The summed E-state index contributed by atoms with van der Waals surface area (Å²) in [7, 11) is 0. The molecule has 2 aromatic heterocycles. The average molecular weight is 290 g/mol. The Balaban J connectivity index is 2.35. The number of nitrogen functional groups attached to an aromatic ring is 1. The molecule has 3 aromatic rings. The van der Waals surface area contributed by atoms with E-state index >= 15 is 0 Å². The molecule has 0 unspecified atom stereocenters. The summed E-state index contributed by atoms with van der Waals surface area (Å²) >= 11 is 1.25. The first-order valence-corrected chi connectivity index (χ1v) is 7.27. The van der Waals surface area contributed by atoms with Gasteiger partial charge in [0, 0.05) is 6.54 Å². The lowest BCUT2D eigenvalue weighted by atomic mass is 10.2. The lowest BCUT2D eigenvalue weighted by Crippen LogP contribution is -2.01. The van der Waals surface area contributed by atoms with Crippen molar-refractivity contribution in [3.8, 4) is 11.4 Å². The molecule has 4 nitrogen and oxygen atoms in total. The normalized spacial score (nSPS) is 11.3. The third kappa shape index (κ3) is 1.87. The van der Waals surface area contributed by atoms with E-state index in [-0.39, 0.29) is 5.82 Å². The number of nitrogens with two attached hydrogens (primary N) is 1. The van der Waals surface area contributed by atoms with Crippen LogP contribution in [-0.2, 0) is 6.54 Å². The summed E-state index contributed by atoms with van der Waals surface area (Å²) in [6.07, 6.45) is 0.936. The molecule has 3 rings (SSSR count). The molecular formula is C14H15FN4S. The number of anilines is 1. The molecular weight excluding hydrogens is 275 g/mol. The molecule has 0 aliphatic carbocycles. The van der Waals surface area contributed by atoms with Crippen LogP contribution in [0.5, 0.6) is 0 Å². The lowest BCUT2D eigenvalue weighted by Gasteiger charge is -2.07.